The highest BCUT2D eigenvalue weighted by Gasteiger charge is 2.40. The van der Waals surface area contributed by atoms with Crippen LogP contribution in [0.25, 0.3) is 0 Å². The first-order chi connectivity index (χ1) is 11.1. The summed E-state index contributed by atoms with van der Waals surface area (Å²) in [6.45, 7) is 8.20. The van der Waals surface area contributed by atoms with Gasteiger partial charge in [0.1, 0.15) is 0 Å². The Morgan fingerprint density at radius 2 is 1.83 bits per heavy atom. The number of aliphatic hydroxyl groups is 3. The second-order valence-corrected chi connectivity index (χ2v) is 8.39. The molecular weight excluding hydrogens is 304 g/mol. The van der Waals surface area contributed by atoms with E-state index in [2.05, 4.69) is 6.08 Å². The minimum absolute atomic E-state index is 0.00915. The van der Waals surface area contributed by atoms with Crippen LogP contribution in [0.4, 0.5) is 0 Å². The van der Waals surface area contributed by atoms with Gasteiger partial charge in [0, 0.05) is 0 Å². The second-order valence-electron chi connectivity index (χ2n) is 8.39. The molecule has 1 fully saturated rings. The smallest absolute Gasteiger partial charge is 0.0917 e. The Kier molecular flexibility index (Phi) is 5.96. The first kappa shape index (κ1) is 19.6. The standard InChI is InChI=1S/C20H34O4/c1-15(2)20(23)12-10-18(3,22)9-5-6-16-7-8-17(21)19(4,11-13-20)24-14-16/h6,10,12,15,17,21-23H,5,7-9,11,13-14H2,1-4H3/b12-10-,16-6+/t17-,18-,19+,20-/m0/s1. The van der Waals surface area contributed by atoms with Gasteiger partial charge in [-0.15, -0.1) is 0 Å². The molecule has 0 aromatic carbocycles. The first-order valence-corrected chi connectivity index (χ1v) is 9.21. The quantitative estimate of drug-likeness (QED) is 0.643. The minimum Gasteiger partial charge on any atom is -0.390 e. The molecule has 4 heteroatoms. The molecule has 24 heavy (non-hydrogen) atoms. The van der Waals surface area contributed by atoms with Crippen LogP contribution in [-0.4, -0.2) is 44.8 Å². The Bertz CT molecular complexity index is 494. The molecule has 0 aromatic rings. The summed E-state index contributed by atoms with van der Waals surface area (Å²) >= 11 is 0. The van der Waals surface area contributed by atoms with E-state index in [1.54, 1.807) is 19.1 Å². The highest BCUT2D eigenvalue weighted by atomic mass is 16.5. The van der Waals surface area contributed by atoms with E-state index >= 15 is 0 Å². The van der Waals surface area contributed by atoms with Crippen molar-refractivity contribution in [2.75, 3.05) is 6.61 Å². The summed E-state index contributed by atoms with van der Waals surface area (Å²) in [5, 5.41) is 32.2. The molecule has 2 rings (SSSR count). The average Bonchev–Trinajstić information content (AvgIpc) is 2.64. The van der Waals surface area contributed by atoms with Crippen molar-refractivity contribution in [2.24, 2.45) is 5.92 Å². The molecule has 2 aliphatic rings. The van der Waals surface area contributed by atoms with Gasteiger partial charge in [0.2, 0.25) is 0 Å². The fourth-order valence-corrected chi connectivity index (χ4v) is 3.44. The van der Waals surface area contributed by atoms with Gasteiger partial charge in [-0.25, -0.2) is 0 Å². The van der Waals surface area contributed by atoms with Crippen LogP contribution in [0.15, 0.2) is 23.8 Å². The van der Waals surface area contributed by atoms with Gasteiger partial charge in [0.25, 0.3) is 0 Å². The number of rotatable bonds is 1. The summed E-state index contributed by atoms with van der Waals surface area (Å²) in [6.07, 6.45) is 8.99. The van der Waals surface area contributed by atoms with Crippen LogP contribution in [0, 0.1) is 5.92 Å². The van der Waals surface area contributed by atoms with Gasteiger partial charge < -0.3 is 20.1 Å². The number of aliphatic hydroxyl groups excluding tert-OH is 1. The van der Waals surface area contributed by atoms with Gasteiger partial charge >= 0.3 is 0 Å². The maximum Gasteiger partial charge on any atom is 0.0917 e. The molecule has 138 valence electrons. The molecule has 0 aliphatic carbocycles. The molecular formula is C20H34O4. The summed E-state index contributed by atoms with van der Waals surface area (Å²) in [7, 11) is 0. The molecule has 2 heterocycles. The molecule has 1 saturated heterocycles. The van der Waals surface area contributed by atoms with Crippen LogP contribution in [0.2, 0.25) is 0 Å². The zero-order valence-electron chi connectivity index (χ0n) is 15.6. The van der Waals surface area contributed by atoms with E-state index in [-0.39, 0.29) is 5.92 Å². The lowest BCUT2D eigenvalue weighted by Gasteiger charge is -2.37. The average molecular weight is 338 g/mol. The summed E-state index contributed by atoms with van der Waals surface area (Å²) in [4.78, 5) is 0. The maximum atomic E-state index is 11.1. The van der Waals surface area contributed by atoms with Gasteiger partial charge in [0.15, 0.2) is 0 Å². The number of ether oxygens (including phenoxy) is 1. The Hall–Kier alpha value is -0.680. The Morgan fingerprint density at radius 3 is 2.50 bits per heavy atom. The van der Waals surface area contributed by atoms with Gasteiger partial charge in [0.05, 0.1) is 29.5 Å². The molecule has 0 radical (unpaired) electrons. The van der Waals surface area contributed by atoms with E-state index in [1.165, 1.54) is 5.57 Å². The molecule has 0 aromatic heterocycles. The van der Waals surface area contributed by atoms with Crippen molar-refractivity contribution in [3.63, 3.8) is 0 Å². The molecule has 4 nitrogen and oxygen atoms in total. The fraction of sp³-hybridized carbons (Fsp3) is 0.800. The van der Waals surface area contributed by atoms with E-state index in [1.807, 2.05) is 20.8 Å². The topological polar surface area (TPSA) is 69.9 Å². The fourth-order valence-electron chi connectivity index (χ4n) is 3.44. The second kappa shape index (κ2) is 7.28. The lowest BCUT2D eigenvalue weighted by molar-refractivity contribution is -0.114. The monoisotopic (exact) mass is 338 g/mol. The molecule has 0 saturated carbocycles. The molecule has 0 unspecified atom stereocenters. The maximum absolute atomic E-state index is 11.1. The minimum atomic E-state index is -1.02. The number of hydrogen-bond acceptors (Lipinski definition) is 4. The highest BCUT2D eigenvalue weighted by molar-refractivity contribution is 5.13. The van der Waals surface area contributed by atoms with Crippen molar-refractivity contribution in [1.82, 2.24) is 0 Å². The van der Waals surface area contributed by atoms with Crippen molar-refractivity contribution in [3.8, 4) is 0 Å². The van der Waals surface area contributed by atoms with Crippen LogP contribution in [-0.2, 0) is 4.74 Å². The van der Waals surface area contributed by atoms with E-state index in [0.717, 1.165) is 12.8 Å². The molecule has 0 amide bonds. The molecule has 2 bridgehead atoms. The lowest BCUT2D eigenvalue weighted by Crippen LogP contribution is -2.44. The van der Waals surface area contributed by atoms with Crippen LogP contribution >= 0.6 is 0 Å². The van der Waals surface area contributed by atoms with Crippen LogP contribution < -0.4 is 0 Å². The SMILES string of the molecule is CC(C)[C@]1(O)/C=C\[C@@](C)(O)CC/C=C2\CC[C@H](O)[C@@](C)(CC1)OC2. The highest BCUT2D eigenvalue weighted by Crippen LogP contribution is 2.36. The summed E-state index contributed by atoms with van der Waals surface area (Å²) in [6, 6.07) is 0. The zero-order chi connectivity index (χ0) is 18.0. The van der Waals surface area contributed by atoms with Gasteiger partial charge in [-0.05, 0) is 63.9 Å². The van der Waals surface area contributed by atoms with E-state index in [0.29, 0.717) is 32.3 Å². The molecule has 3 N–H and O–H groups in total. The van der Waals surface area contributed by atoms with E-state index < -0.39 is 22.9 Å². The Morgan fingerprint density at radius 1 is 1.12 bits per heavy atom. The zero-order valence-corrected chi connectivity index (χ0v) is 15.6. The summed E-state index contributed by atoms with van der Waals surface area (Å²) < 4.78 is 6.09. The third-order valence-corrected chi connectivity index (χ3v) is 5.87. The van der Waals surface area contributed by atoms with Crippen LogP contribution in [0.5, 0.6) is 0 Å². The Balaban J connectivity index is 2.34. The number of hydrogen-bond donors (Lipinski definition) is 3. The number of allylic oxidation sites excluding steroid dienone is 1. The predicted octanol–water partition coefficient (Wildman–Crippen LogP) is 3.11. The van der Waals surface area contributed by atoms with Gasteiger partial charge in [-0.3, -0.25) is 0 Å². The van der Waals surface area contributed by atoms with Crippen molar-refractivity contribution >= 4 is 0 Å². The molecule has 4 atom stereocenters. The predicted molar refractivity (Wildman–Crippen MR) is 95.7 cm³/mol. The third kappa shape index (κ3) is 4.69. The van der Waals surface area contributed by atoms with E-state index in [9.17, 15) is 15.3 Å². The van der Waals surface area contributed by atoms with Crippen LogP contribution in [0.3, 0.4) is 0 Å². The van der Waals surface area contributed by atoms with Crippen molar-refractivity contribution in [2.45, 2.75) is 89.1 Å². The van der Waals surface area contributed by atoms with Crippen molar-refractivity contribution in [1.29, 1.82) is 0 Å². The summed E-state index contributed by atoms with van der Waals surface area (Å²) in [5.74, 6) is 0.00915. The normalized spacial score (nSPS) is 45.5. The van der Waals surface area contributed by atoms with Gasteiger partial charge in [-0.1, -0.05) is 32.1 Å². The molecule has 2 aliphatic heterocycles. The van der Waals surface area contributed by atoms with Crippen molar-refractivity contribution in [3.05, 3.63) is 23.8 Å². The van der Waals surface area contributed by atoms with Gasteiger partial charge in [-0.2, -0.15) is 0 Å². The Labute approximate surface area is 146 Å². The number of fused-ring (bicyclic) bond motifs is 3. The summed E-state index contributed by atoms with van der Waals surface area (Å²) in [5.41, 5.74) is -1.42. The van der Waals surface area contributed by atoms with Crippen LogP contribution in [0.1, 0.15) is 66.2 Å². The largest absolute Gasteiger partial charge is 0.390 e. The third-order valence-electron chi connectivity index (χ3n) is 5.87. The molecule has 0 spiro atoms. The first-order valence-electron chi connectivity index (χ1n) is 9.21. The van der Waals surface area contributed by atoms with Crippen molar-refractivity contribution < 1.29 is 20.1 Å². The van der Waals surface area contributed by atoms with E-state index in [4.69, 9.17) is 4.74 Å². The lowest BCUT2D eigenvalue weighted by atomic mass is 9.79.